The molecule has 0 radical (unpaired) electrons. The number of benzene rings is 1. The molecule has 90 valence electrons. The maximum absolute atomic E-state index is 6.16. The van der Waals surface area contributed by atoms with Gasteiger partial charge in [-0.15, -0.1) is 0 Å². The number of nitrogens with two attached hydrogens (primary N) is 1. The van der Waals surface area contributed by atoms with E-state index in [1.165, 1.54) is 0 Å². The second-order valence-electron chi connectivity index (χ2n) is 3.39. The summed E-state index contributed by atoms with van der Waals surface area (Å²) in [6, 6.07) is 5.16. The molecule has 1 heterocycles. The lowest BCUT2D eigenvalue weighted by Crippen LogP contribution is -1.92. The van der Waals surface area contributed by atoms with Crippen LogP contribution < -0.4 is 15.2 Å². The van der Waals surface area contributed by atoms with Crippen LogP contribution in [0.15, 0.2) is 18.2 Å². The number of ether oxygens (including phenoxy) is 2. The molecule has 5 nitrogen and oxygen atoms in total. The van der Waals surface area contributed by atoms with E-state index in [4.69, 9.17) is 26.8 Å². The van der Waals surface area contributed by atoms with Crippen LogP contribution in [0.5, 0.6) is 11.5 Å². The molecule has 0 aliphatic heterocycles. The average Bonchev–Trinajstić information content (AvgIpc) is 2.75. The topological polar surface area (TPSA) is 73.2 Å². The summed E-state index contributed by atoms with van der Waals surface area (Å²) in [5.74, 6) is 1.58. The lowest BCUT2D eigenvalue weighted by atomic mass is 10.1. The molecule has 0 aliphatic carbocycles. The number of nitrogen functional groups attached to an aromatic ring is 1. The Hall–Kier alpha value is -1.88. The summed E-state index contributed by atoms with van der Waals surface area (Å²) in [5.41, 5.74) is 7.04. The Morgan fingerprint density at radius 1 is 1.18 bits per heavy atom. The number of nitrogens with zero attached hydrogens (tertiary/aromatic N) is 1. The Kier molecular flexibility index (Phi) is 3.10. The number of methoxy groups -OCH3 is 2. The molecule has 6 heteroatoms. The first-order valence-electron chi connectivity index (χ1n) is 4.88. The van der Waals surface area contributed by atoms with E-state index < -0.39 is 0 Å². The highest BCUT2D eigenvalue weighted by Crippen LogP contribution is 2.37. The Labute approximate surface area is 103 Å². The molecular formula is C11H12ClN3O2. The van der Waals surface area contributed by atoms with E-state index >= 15 is 0 Å². The predicted octanol–water partition coefficient (Wildman–Crippen LogP) is 2.33. The number of hydrogen-bond acceptors (Lipinski definition) is 4. The van der Waals surface area contributed by atoms with Gasteiger partial charge in [0.05, 0.1) is 24.9 Å². The normalized spacial score (nSPS) is 10.3. The number of halogens is 1. The zero-order chi connectivity index (χ0) is 12.4. The van der Waals surface area contributed by atoms with Gasteiger partial charge in [0.15, 0.2) is 11.5 Å². The van der Waals surface area contributed by atoms with Crippen molar-refractivity contribution in [2.75, 3.05) is 20.0 Å². The molecular weight excluding hydrogens is 242 g/mol. The molecule has 17 heavy (non-hydrogen) atoms. The van der Waals surface area contributed by atoms with Crippen molar-refractivity contribution in [2.45, 2.75) is 0 Å². The first-order valence-corrected chi connectivity index (χ1v) is 5.26. The van der Waals surface area contributed by atoms with E-state index in [9.17, 15) is 0 Å². The SMILES string of the molecule is COc1cc(Cl)c(-c2cc(N)n[nH]2)cc1OC. The van der Waals surface area contributed by atoms with Crippen LogP contribution in [0.2, 0.25) is 5.02 Å². The second kappa shape index (κ2) is 4.55. The van der Waals surface area contributed by atoms with Gasteiger partial charge >= 0.3 is 0 Å². The van der Waals surface area contributed by atoms with Crippen molar-refractivity contribution >= 4 is 17.4 Å². The van der Waals surface area contributed by atoms with Gasteiger partial charge in [-0.05, 0) is 6.07 Å². The van der Waals surface area contributed by atoms with Crippen LogP contribution in [0.1, 0.15) is 0 Å². The highest BCUT2D eigenvalue weighted by molar-refractivity contribution is 6.33. The number of rotatable bonds is 3. The first kappa shape index (κ1) is 11.6. The summed E-state index contributed by atoms with van der Waals surface area (Å²) in [4.78, 5) is 0. The molecule has 0 fully saturated rings. The molecule has 0 atom stereocenters. The van der Waals surface area contributed by atoms with Crippen LogP contribution in [0.4, 0.5) is 5.82 Å². The van der Waals surface area contributed by atoms with Crippen molar-refractivity contribution in [1.29, 1.82) is 0 Å². The van der Waals surface area contributed by atoms with Crippen LogP contribution in [0.25, 0.3) is 11.3 Å². The average molecular weight is 254 g/mol. The highest BCUT2D eigenvalue weighted by Gasteiger charge is 2.12. The molecule has 0 spiro atoms. The molecule has 0 saturated heterocycles. The number of anilines is 1. The molecule has 0 aliphatic rings. The monoisotopic (exact) mass is 253 g/mol. The van der Waals surface area contributed by atoms with E-state index in [1.807, 2.05) is 0 Å². The fourth-order valence-electron chi connectivity index (χ4n) is 1.54. The van der Waals surface area contributed by atoms with Crippen molar-refractivity contribution in [3.63, 3.8) is 0 Å². The standard InChI is InChI=1S/C11H12ClN3O2/c1-16-9-3-6(7(12)4-10(9)17-2)8-5-11(13)15-14-8/h3-5H,1-2H3,(H3,13,14,15). The fourth-order valence-corrected chi connectivity index (χ4v) is 1.79. The summed E-state index contributed by atoms with van der Waals surface area (Å²) in [5, 5.41) is 7.18. The summed E-state index contributed by atoms with van der Waals surface area (Å²) in [6.07, 6.45) is 0. The summed E-state index contributed by atoms with van der Waals surface area (Å²) in [6.45, 7) is 0. The van der Waals surface area contributed by atoms with Crippen molar-refractivity contribution in [3.8, 4) is 22.8 Å². The van der Waals surface area contributed by atoms with E-state index in [0.29, 0.717) is 22.3 Å². The lowest BCUT2D eigenvalue weighted by molar-refractivity contribution is 0.355. The maximum Gasteiger partial charge on any atom is 0.162 e. The molecule has 1 aromatic heterocycles. The molecule has 3 N–H and O–H groups in total. The van der Waals surface area contributed by atoms with Gasteiger partial charge < -0.3 is 15.2 Å². The molecule has 2 aromatic rings. The number of H-pyrrole nitrogens is 1. The highest BCUT2D eigenvalue weighted by atomic mass is 35.5. The Morgan fingerprint density at radius 3 is 2.35 bits per heavy atom. The third-order valence-corrected chi connectivity index (χ3v) is 2.67. The Balaban J connectivity index is 2.55. The van der Waals surface area contributed by atoms with Crippen molar-refractivity contribution < 1.29 is 9.47 Å². The molecule has 0 unspecified atom stereocenters. The van der Waals surface area contributed by atoms with Crippen LogP contribution >= 0.6 is 11.6 Å². The summed E-state index contributed by atoms with van der Waals surface area (Å²) < 4.78 is 10.4. The third-order valence-electron chi connectivity index (χ3n) is 2.36. The second-order valence-corrected chi connectivity index (χ2v) is 3.80. The molecule has 2 rings (SSSR count). The minimum atomic E-state index is 0.408. The number of hydrogen-bond donors (Lipinski definition) is 2. The van der Waals surface area contributed by atoms with Crippen LogP contribution in [0, 0.1) is 0 Å². The minimum Gasteiger partial charge on any atom is -0.493 e. The van der Waals surface area contributed by atoms with Gasteiger partial charge in [-0.2, -0.15) is 5.10 Å². The first-order chi connectivity index (χ1) is 8.15. The van der Waals surface area contributed by atoms with Gasteiger partial charge in [0.25, 0.3) is 0 Å². The van der Waals surface area contributed by atoms with Crippen LogP contribution in [-0.4, -0.2) is 24.4 Å². The zero-order valence-electron chi connectivity index (χ0n) is 9.45. The number of aromatic nitrogens is 2. The zero-order valence-corrected chi connectivity index (χ0v) is 10.2. The fraction of sp³-hybridized carbons (Fsp3) is 0.182. The van der Waals surface area contributed by atoms with E-state index in [1.54, 1.807) is 32.4 Å². The summed E-state index contributed by atoms with van der Waals surface area (Å²) in [7, 11) is 3.12. The van der Waals surface area contributed by atoms with Crippen molar-refractivity contribution in [1.82, 2.24) is 10.2 Å². The Morgan fingerprint density at radius 2 is 1.82 bits per heavy atom. The molecule has 0 bridgehead atoms. The largest absolute Gasteiger partial charge is 0.493 e. The van der Waals surface area contributed by atoms with Crippen molar-refractivity contribution in [2.24, 2.45) is 0 Å². The smallest absolute Gasteiger partial charge is 0.162 e. The summed E-state index contributed by atoms with van der Waals surface area (Å²) >= 11 is 6.16. The maximum atomic E-state index is 6.16. The molecule has 0 amide bonds. The van der Waals surface area contributed by atoms with E-state index in [0.717, 1.165) is 11.3 Å². The van der Waals surface area contributed by atoms with Gasteiger partial charge in [0, 0.05) is 17.7 Å². The number of aromatic amines is 1. The quantitative estimate of drug-likeness (QED) is 0.881. The van der Waals surface area contributed by atoms with Gasteiger partial charge in [0.1, 0.15) is 5.82 Å². The van der Waals surface area contributed by atoms with E-state index in [2.05, 4.69) is 10.2 Å². The van der Waals surface area contributed by atoms with Crippen LogP contribution in [-0.2, 0) is 0 Å². The lowest BCUT2D eigenvalue weighted by Gasteiger charge is -2.10. The van der Waals surface area contributed by atoms with Gasteiger partial charge in [-0.3, -0.25) is 5.10 Å². The minimum absolute atomic E-state index is 0.408. The van der Waals surface area contributed by atoms with Crippen LogP contribution in [0.3, 0.4) is 0 Å². The van der Waals surface area contributed by atoms with Gasteiger partial charge in [-0.1, -0.05) is 11.6 Å². The van der Waals surface area contributed by atoms with Gasteiger partial charge in [-0.25, -0.2) is 0 Å². The molecule has 0 saturated carbocycles. The van der Waals surface area contributed by atoms with E-state index in [-0.39, 0.29) is 0 Å². The third kappa shape index (κ3) is 2.14. The van der Waals surface area contributed by atoms with Gasteiger partial charge in [0.2, 0.25) is 0 Å². The molecule has 1 aromatic carbocycles. The van der Waals surface area contributed by atoms with Crippen molar-refractivity contribution in [3.05, 3.63) is 23.2 Å². The predicted molar refractivity (Wildman–Crippen MR) is 66.6 cm³/mol. The Bertz CT molecular complexity index is 540. The number of nitrogens with one attached hydrogen (secondary N) is 1.